The number of nitrogens with zero attached hydrogens (tertiary/aromatic N) is 1. The Balaban J connectivity index is 0.980. The van der Waals surface area contributed by atoms with Crippen molar-refractivity contribution in [2.24, 2.45) is 53.1 Å². The minimum absolute atomic E-state index is 0.0367. The molecule has 432 valence electrons. The standard InChI is InChI=1S/C63H82N4O11S2/c1-5-34(18-20-68)59(74)78-61(3)41(31-69)23-39-32-79-80-52-26-43-48(71)17-14-46-55(57(43)65-4)58(52)67(46)54(73)25-38-30-66-53(64)27-42(38)56(39)63(61)29-37-22-36-24-45(60(75)76-50(36)28-51(37)77-63)62-19-7-6-11-40(62)12-15-49(72)44(62)13-16-47(70)35-10-8-9-33(2)21-35/h5,14,17,22-24,27-28,33,35,40-41,43-44,46-47,49,52,55-58,65-66,68-70,72H,6-13,15-16,18-21,25-26,29-32,64H2,1-4H3. The molecule has 1 spiro atoms. The van der Waals surface area contributed by atoms with Gasteiger partial charge in [0.15, 0.2) is 17.0 Å². The van der Waals surface area contributed by atoms with Crippen molar-refractivity contribution in [1.82, 2.24) is 15.5 Å². The lowest BCUT2D eigenvalue weighted by Crippen LogP contribution is -2.75. The Morgan fingerprint density at radius 3 is 2.70 bits per heavy atom. The van der Waals surface area contributed by atoms with Gasteiger partial charge in [0.1, 0.15) is 11.3 Å². The van der Waals surface area contributed by atoms with Gasteiger partial charge in [-0.15, -0.1) is 0 Å². The number of amides is 1. The Labute approximate surface area is 477 Å². The van der Waals surface area contributed by atoms with E-state index in [1.807, 2.05) is 49.2 Å². The number of ether oxygens (including phenoxy) is 2. The molecule has 4 aliphatic heterocycles. The molecule has 0 radical (unpaired) electrons. The summed E-state index contributed by atoms with van der Waals surface area (Å²) in [5.74, 6) is -0.275. The highest BCUT2D eigenvalue weighted by molar-refractivity contribution is 8.77. The molecule has 8 N–H and O–H groups in total. The zero-order chi connectivity index (χ0) is 56.0. The minimum atomic E-state index is -1.61. The molecule has 17 unspecified atom stereocenters. The van der Waals surface area contributed by atoms with E-state index in [0.717, 1.165) is 73.6 Å². The number of aliphatic hydroxyl groups excluding tert-OH is 4. The predicted molar refractivity (Wildman–Crippen MR) is 309 cm³/mol. The van der Waals surface area contributed by atoms with Gasteiger partial charge in [-0.1, -0.05) is 78.0 Å². The number of dihydropyridines is 1. The number of fused-ring (bicyclic) bond motifs is 8. The SMILES string of the molecule is CC=C(CCO)C(=O)OC1(C)C(CO)C=C2CSSC3CC4C(=O)C=CC5C(C4NC)C3N5C(=O)CC3=C(C=C(N)NC3)C2C12Cc1cc3cc(C45CCCCC4CCC(O)C5CCC(O)C4CCCC(C)C4)c(=O)oc3cc1O2. The number of ketones is 1. The molecule has 5 fully saturated rings. The van der Waals surface area contributed by atoms with Gasteiger partial charge in [0.25, 0.3) is 0 Å². The van der Waals surface area contributed by atoms with Crippen LogP contribution in [0.5, 0.6) is 5.75 Å². The highest BCUT2D eigenvalue weighted by Crippen LogP contribution is 2.61. The van der Waals surface area contributed by atoms with E-state index < -0.39 is 58.9 Å². The highest BCUT2D eigenvalue weighted by atomic mass is 33.1. The van der Waals surface area contributed by atoms with E-state index in [-0.39, 0.29) is 103 Å². The van der Waals surface area contributed by atoms with E-state index in [2.05, 4.69) is 17.6 Å². The van der Waals surface area contributed by atoms with Crippen LogP contribution in [-0.2, 0) is 31.0 Å². The summed E-state index contributed by atoms with van der Waals surface area (Å²) in [6.07, 6.45) is 19.5. The van der Waals surface area contributed by atoms with Crippen LogP contribution >= 0.6 is 21.6 Å². The molecular weight excluding hydrogens is 1050 g/mol. The number of rotatable bonds is 11. The third kappa shape index (κ3) is 9.10. The molecule has 1 amide bonds. The van der Waals surface area contributed by atoms with Crippen molar-refractivity contribution in [2.45, 2.75) is 176 Å². The van der Waals surface area contributed by atoms with Gasteiger partial charge in [0.2, 0.25) is 5.91 Å². The summed E-state index contributed by atoms with van der Waals surface area (Å²) < 4.78 is 21.0. The van der Waals surface area contributed by atoms with Crippen LogP contribution in [0.3, 0.4) is 0 Å². The number of nitrogens with two attached hydrogens (primary N) is 1. The summed E-state index contributed by atoms with van der Waals surface area (Å²) in [4.78, 5) is 60.6. The first-order chi connectivity index (χ1) is 38.6. The zero-order valence-electron chi connectivity index (χ0n) is 46.8. The summed E-state index contributed by atoms with van der Waals surface area (Å²) in [5.41, 5.74) is 6.99. The van der Waals surface area contributed by atoms with Crippen molar-refractivity contribution >= 4 is 50.2 Å². The van der Waals surface area contributed by atoms with Crippen LogP contribution in [0.25, 0.3) is 11.0 Å². The summed E-state index contributed by atoms with van der Waals surface area (Å²) >= 11 is 0. The monoisotopic (exact) mass is 1130 g/mol. The number of esters is 1. The van der Waals surface area contributed by atoms with E-state index >= 15 is 4.79 Å². The fourth-order valence-electron chi connectivity index (χ4n) is 17.9. The van der Waals surface area contributed by atoms with Crippen LogP contribution in [0.1, 0.15) is 128 Å². The largest absolute Gasteiger partial charge is 0.481 e. The molecule has 6 aliphatic carbocycles. The third-order valence-corrected chi connectivity index (χ3v) is 24.5. The van der Waals surface area contributed by atoms with Gasteiger partial charge >= 0.3 is 11.6 Å². The number of carbonyl (C=O) groups excluding carboxylic acids is 3. The van der Waals surface area contributed by atoms with E-state index in [9.17, 15) is 34.8 Å². The Morgan fingerprint density at radius 1 is 1.09 bits per heavy atom. The van der Waals surface area contributed by atoms with E-state index in [0.29, 0.717) is 65.5 Å². The number of aliphatic hydroxyl groups is 4. The van der Waals surface area contributed by atoms with Gasteiger partial charge in [-0.3, -0.25) is 9.59 Å². The fraction of sp³-hybridized carbons (Fsp3) is 0.651. The Kier molecular flexibility index (Phi) is 15.4. The summed E-state index contributed by atoms with van der Waals surface area (Å²) in [6.45, 7) is 5.39. The lowest BCUT2D eigenvalue weighted by atomic mass is 9.50. The van der Waals surface area contributed by atoms with Crippen LogP contribution in [0, 0.1) is 47.3 Å². The average Bonchev–Trinajstić information content (AvgIpc) is 4.03. The summed E-state index contributed by atoms with van der Waals surface area (Å²) in [6, 6.07) is 5.41. The maximum Gasteiger partial charge on any atom is 0.340 e. The molecule has 5 heterocycles. The molecule has 1 saturated heterocycles. The topological polar surface area (TPSA) is 234 Å². The van der Waals surface area contributed by atoms with E-state index in [4.69, 9.17) is 19.6 Å². The first kappa shape index (κ1) is 56.1. The van der Waals surface area contributed by atoms with Crippen molar-refractivity contribution in [1.29, 1.82) is 0 Å². The van der Waals surface area contributed by atoms with Crippen LogP contribution in [0.15, 0.2) is 85.9 Å². The first-order valence-electron chi connectivity index (χ1n) is 30.0. The Bertz CT molecular complexity index is 3030. The second-order valence-corrected chi connectivity index (χ2v) is 28.2. The van der Waals surface area contributed by atoms with Gasteiger partial charge in [0.05, 0.1) is 49.1 Å². The molecule has 15 nitrogen and oxygen atoms in total. The molecule has 80 heavy (non-hydrogen) atoms. The van der Waals surface area contributed by atoms with Crippen LogP contribution in [0.2, 0.25) is 0 Å². The van der Waals surface area contributed by atoms with Crippen molar-refractivity contribution in [3.05, 3.63) is 98.2 Å². The van der Waals surface area contributed by atoms with E-state index in [1.54, 1.807) is 46.7 Å². The lowest BCUT2D eigenvalue weighted by Gasteiger charge is -2.62. The predicted octanol–water partition coefficient (Wildman–Crippen LogP) is 7.22. The van der Waals surface area contributed by atoms with Crippen LogP contribution in [0.4, 0.5) is 0 Å². The van der Waals surface area contributed by atoms with Crippen molar-refractivity contribution in [2.75, 3.05) is 32.6 Å². The van der Waals surface area contributed by atoms with Crippen molar-refractivity contribution in [3.8, 4) is 5.75 Å². The second-order valence-electron chi connectivity index (χ2n) is 25.6. The van der Waals surface area contributed by atoms with Gasteiger partial charge in [-0.25, -0.2) is 9.59 Å². The summed E-state index contributed by atoms with van der Waals surface area (Å²) in [7, 11) is 5.27. The smallest absolute Gasteiger partial charge is 0.340 e. The molecule has 1 aromatic carbocycles. The number of allylic oxidation sites excluding steroid dienone is 3. The molecule has 1 aromatic heterocycles. The van der Waals surface area contributed by atoms with Crippen molar-refractivity contribution in [3.63, 3.8) is 0 Å². The Morgan fingerprint density at radius 2 is 1.93 bits per heavy atom. The van der Waals surface area contributed by atoms with Gasteiger partial charge in [0, 0.05) is 88.8 Å². The Hall–Kier alpha value is -4.36. The maximum absolute atomic E-state index is 15.2. The molecule has 10 aliphatic rings. The number of nitrogens with one attached hydrogen (secondary N) is 2. The second kappa shape index (κ2) is 22.0. The quantitative estimate of drug-likeness (QED) is 0.0387. The molecule has 2 bridgehead atoms. The number of hydrogen-bond donors (Lipinski definition) is 7. The van der Waals surface area contributed by atoms with Crippen LogP contribution < -0.4 is 26.7 Å². The zero-order valence-corrected chi connectivity index (χ0v) is 48.5. The number of carbonyl (C=O) groups is 3. The molecule has 12 rings (SSSR count). The van der Waals surface area contributed by atoms with Gasteiger partial charge in [-0.2, -0.15) is 0 Å². The number of benzene rings is 1. The van der Waals surface area contributed by atoms with Gasteiger partial charge < -0.3 is 55.6 Å². The van der Waals surface area contributed by atoms with E-state index in [1.165, 1.54) is 6.42 Å². The molecular formula is C63H82N4O11S2. The lowest BCUT2D eigenvalue weighted by molar-refractivity contribution is -0.202. The molecule has 17 atom stereocenters. The third-order valence-electron chi connectivity index (χ3n) is 21.7. The van der Waals surface area contributed by atoms with Crippen LogP contribution in [-0.4, -0.2) is 122 Å². The fourth-order valence-corrected chi connectivity index (χ4v) is 20.9. The molecule has 2 aromatic rings. The highest BCUT2D eigenvalue weighted by Gasteiger charge is 2.68. The minimum Gasteiger partial charge on any atom is -0.481 e. The maximum atomic E-state index is 15.2. The summed E-state index contributed by atoms with van der Waals surface area (Å²) in [5, 5.41) is 53.0. The average molecular weight is 1140 g/mol. The van der Waals surface area contributed by atoms with Crippen molar-refractivity contribution < 1.29 is 48.7 Å². The molecule has 17 heteroatoms. The molecule has 4 saturated carbocycles. The normalized spacial score (nSPS) is 38.9. The van der Waals surface area contributed by atoms with Gasteiger partial charge in [-0.05, 0) is 143 Å². The number of hydrogen-bond acceptors (Lipinski definition) is 16. The first-order valence-corrected chi connectivity index (χ1v) is 32.3.